The monoisotopic (exact) mass is 466 g/mol. The number of anilines is 1. The highest BCUT2D eigenvalue weighted by molar-refractivity contribution is 8.25. The molecule has 6 nitrogen and oxygen atoms in total. The van der Waals surface area contributed by atoms with Gasteiger partial charge in [-0.3, -0.25) is 18.2 Å². The molecule has 3 N–H and O–H groups in total. The van der Waals surface area contributed by atoms with Crippen LogP contribution in [0, 0.1) is 0 Å². The number of carbonyl (C=O) groups excluding carboxylic acids is 1. The first-order valence-electron chi connectivity index (χ1n) is 10.7. The van der Waals surface area contributed by atoms with Crippen LogP contribution in [0.15, 0.2) is 47.4 Å². The highest BCUT2D eigenvalue weighted by Gasteiger charge is 2.35. The van der Waals surface area contributed by atoms with Gasteiger partial charge in [-0.2, -0.15) is 0 Å². The van der Waals surface area contributed by atoms with Crippen molar-refractivity contribution in [2.24, 2.45) is 0 Å². The molecule has 2 aromatic carbocycles. The van der Waals surface area contributed by atoms with E-state index in [-0.39, 0.29) is 12.0 Å². The van der Waals surface area contributed by atoms with E-state index in [2.05, 4.69) is 5.32 Å². The first-order chi connectivity index (χ1) is 14.9. The van der Waals surface area contributed by atoms with E-state index >= 15 is 0 Å². The number of unbranched alkanes of at least 4 members (excludes halogenated alkanes) is 3. The van der Waals surface area contributed by atoms with E-state index < -0.39 is 10.8 Å². The highest BCUT2D eigenvalue weighted by Crippen LogP contribution is 2.59. The van der Waals surface area contributed by atoms with Gasteiger partial charge < -0.3 is 10.1 Å². The average molecular weight is 467 g/mol. The van der Waals surface area contributed by atoms with Gasteiger partial charge in [-0.15, -0.1) is 0 Å². The molecule has 2 aromatic rings. The van der Waals surface area contributed by atoms with Crippen molar-refractivity contribution in [3.8, 4) is 0 Å². The van der Waals surface area contributed by atoms with E-state index in [1.54, 1.807) is 23.5 Å². The van der Waals surface area contributed by atoms with Crippen LogP contribution in [-0.2, 0) is 9.53 Å². The molecule has 8 heteroatoms. The van der Waals surface area contributed by atoms with Gasteiger partial charge >= 0.3 is 5.97 Å². The maximum Gasteiger partial charge on any atom is 0.305 e. The summed E-state index contributed by atoms with van der Waals surface area (Å²) >= 11 is 6.29. The predicted molar refractivity (Wildman–Crippen MR) is 127 cm³/mol. The van der Waals surface area contributed by atoms with E-state index in [4.69, 9.17) is 16.3 Å². The predicted octanol–water partition coefficient (Wildman–Crippen LogP) is 6.01. The lowest BCUT2D eigenvalue weighted by Gasteiger charge is -2.41. The maximum absolute atomic E-state index is 11.4. The molecule has 170 valence electrons. The van der Waals surface area contributed by atoms with Gasteiger partial charge in [0.2, 0.25) is 0 Å². The van der Waals surface area contributed by atoms with Gasteiger partial charge in [0.1, 0.15) is 0 Å². The van der Waals surface area contributed by atoms with E-state index in [9.17, 15) is 13.9 Å². The van der Waals surface area contributed by atoms with Crippen LogP contribution in [0.25, 0.3) is 0 Å². The molecule has 0 amide bonds. The number of halogens is 1. The number of fused-ring (bicyclic) bond motifs is 2. The molecule has 1 unspecified atom stereocenters. The smallest absolute Gasteiger partial charge is 0.305 e. The molecule has 0 saturated carbocycles. The third kappa shape index (κ3) is 5.54. The zero-order chi connectivity index (χ0) is 22.4. The summed E-state index contributed by atoms with van der Waals surface area (Å²) in [5.74, 6) is -0.132. The third-order valence-corrected chi connectivity index (χ3v) is 7.67. The van der Waals surface area contributed by atoms with E-state index in [1.807, 2.05) is 37.3 Å². The van der Waals surface area contributed by atoms with Crippen molar-refractivity contribution >= 4 is 34.0 Å². The number of ether oxygens (including phenoxy) is 1. The lowest BCUT2D eigenvalue weighted by atomic mass is 9.96. The first-order valence-corrected chi connectivity index (χ1v) is 12.5. The number of rotatable bonds is 9. The van der Waals surface area contributed by atoms with Gasteiger partial charge in [0.25, 0.3) is 0 Å². The maximum atomic E-state index is 11.4. The van der Waals surface area contributed by atoms with Crippen LogP contribution in [0.2, 0.25) is 5.02 Å². The Balaban J connectivity index is 1.72. The Labute approximate surface area is 191 Å². The van der Waals surface area contributed by atoms with Crippen LogP contribution >= 0.6 is 22.4 Å². The Bertz CT molecular complexity index is 909. The summed E-state index contributed by atoms with van der Waals surface area (Å²) in [6.45, 7) is 3.00. The SMILES string of the molecule is CCOC(=O)CCCCCCNC1c2ccccc2N(C)S(O)(O)c2ccc(Cl)cc21. The van der Waals surface area contributed by atoms with E-state index in [0.29, 0.717) is 22.9 Å². The van der Waals surface area contributed by atoms with Crippen LogP contribution in [0.3, 0.4) is 0 Å². The van der Waals surface area contributed by atoms with Crippen LogP contribution < -0.4 is 9.62 Å². The number of nitrogens with one attached hydrogen (secondary N) is 1. The lowest BCUT2D eigenvalue weighted by Crippen LogP contribution is -2.24. The molecule has 0 fully saturated rings. The second-order valence-electron chi connectivity index (χ2n) is 7.61. The fourth-order valence-electron chi connectivity index (χ4n) is 3.91. The number of carbonyl (C=O) groups is 1. The van der Waals surface area contributed by atoms with Crippen molar-refractivity contribution in [1.29, 1.82) is 0 Å². The van der Waals surface area contributed by atoms with Gasteiger partial charge in [0.15, 0.2) is 0 Å². The van der Waals surface area contributed by atoms with Gasteiger partial charge in [0, 0.05) is 24.1 Å². The quantitative estimate of drug-likeness (QED) is 0.310. The van der Waals surface area contributed by atoms with Gasteiger partial charge in [-0.05, 0) is 56.1 Å². The zero-order valence-electron chi connectivity index (χ0n) is 18.0. The Morgan fingerprint density at radius 2 is 1.87 bits per heavy atom. The Kier molecular flexibility index (Phi) is 8.24. The fourth-order valence-corrected chi connectivity index (χ4v) is 5.57. The fraction of sp³-hybridized carbons (Fsp3) is 0.435. The Hall–Kier alpha value is -1.77. The first kappa shape index (κ1) is 23.9. The second-order valence-corrected chi connectivity index (χ2v) is 10.1. The highest BCUT2D eigenvalue weighted by atomic mass is 35.5. The number of nitrogens with zero attached hydrogens (tertiary/aromatic N) is 1. The van der Waals surface area contributed by atoms with Crippen molar-refractivity contribution in [2.45, 2.75) is 50.0 Å². The van der Waals surface area contributed by atoms with Gasteiger partial charge in [-0.1, -0.05) is 53.4 Å². The van der Waals surface area contributed by atoms with Crippen molar-refractivity contribution in [1.82, 2.24) is 5.32 Å². The van der Waals surface area contributed by atoms with Crippen molar-refractivity contribution in [3.05, 3.63) is 58.6 Å². The normalized spacial score (nSPS) is 18.0. The molecular formula is C23H31ClN2O4S. The zero-order valence-corrected chi connectivity index (χ0v) is 19.6. The summed E-state index contributed by atoms with van der Waals surface area (Å²) in [5, 5.41) is 4.15. The molecule has 31 heavy (non-hydrogen) atoms. The molecule has 3 rings (SSSR count). The topological polar surface area (TPSA) is 82.0 Å². The van der Waals surface area contributed by atoms with Gasteiger partial charge in [0.05, 0.1) is 23.2 Å². The summed E-state index contributed by atoms with van der Waals surface area (Å²) < 4.78 is 28.6. The third-order valence-electron chi connectivity index (χ3n) is 5.51. The number of hydrogen-bond donors (Lipinski definition) is 3. The van der Waals surface area contributed by atoms with Crippen LogP contribution in [0.5, 0.6) is 0 Å². The molecule has 0 saturated heterocycles. The summed E-state index contributed by atoms with van der Waals surface area (Å²) in [5.41, 5.74) is 2.54. The molecule has 0 radical (unpaired) electrons. The van der Waals surface area contributed by atoms with Crippen molar-refractivity contribution < 1.29 is 18.6 Å². The van der Waals surface area contributed by atoms with Crippen LogP contribution in [0.4, 0.5) is 5.69 Å². The minimum atomic E-state index is -3.18. The standard InChI is InChI=1S/C23H31ClN2O4S/c1-3-30-22(27)12-6-4-5-9-15-25-23-18-10-7-8-11-20(18)26(2)31(28,29)21-14-13-17(24)16-19(21)23/h7-8,10-11,13-14,16,23,25,28-29H,3-6,9,12,15H2,1-2H3. The average Bonchev–Trinajstić information content (AvgIpc) is 2.81. The molecular weight excluding hydrogens is 436 g/mol. The minimum absolute atomic E-state index is 0.132. The molecule has 1 atom stereocenters. The summed E-state index contributed by atoms with van der Waals surface area (Å²) in [7, 11) is -1.48. The molecule has 1 aliphatic rings. The number of para-hydroxylation sites is 1. The van der Waals surface area contributed by atoms with Crippen molar-refractivity contribution in [3.63, 3.8) is 0 Å². The molecule has 1 aliphatic heterocycles. The van der Waals surface area contributed by atoms with E-state index in [1.165, 1.54) is 0 Å². The van der Waals surface area contributed by atoms with Crippen LogP contribution in [0.1, 0.15) is 56.2 Å². The largest absolute Gasteiger partial charge is 0.466 e. The van der Waals surface area contributed by atoms with Crippen LogP contribution in [-0.4, -0.2) is 35.3 Å². The molecule has 0 bridgehead atoms. The number of esters is 1. The minimum Gasteiger partial charge on any atom is -0.466 e. The molecule has 0 spiro atoms. The Morgan fingerprint density at radius 1 is 1.13 bits per heavy atom. The lowest BCUT2D eigenvalue weighted by molar-refractivity contribution is -0.143. The number of hydrogen-bond acceptors (Lipinski definition) is 6. The Morgan fingerprint density at radius 3 is 2.65 bits per heavy atom. The number of benzene rings is 2. The second kappa shape index (κ2) is 10.7. The van der Waals surface area contributed by atoms with E-state index in [0.717, 1.165) is 49.0 Å². The van der Waals surface area contributed by atoms with Crippen molar-refractivity contribution in [2.75, 3.05) is 24.5 Å². The summed E-state index contributed by atoms with van der Waals surface area (Å²) in [4.78, 5) is 11.9. The molecule has 0 aliphatic carbocycles. The molecule has 1 heterocycles. The molecule has 0 aromatic heterocycles. The van der Waals surface area contributed by atoms with Gasteiger partial charge in [-0.25, -0.2) is 0 Å². The summed E-state index contributed by atoms with van der Waals surface area (Å²) in [6, 6.07) is 12.8. The summed E-state index contributed by atoms with van der Waals surface area (Å²) in [6.07, 6.45) is 4.21.